The van der Waals surface area contributed by atoms with Gasteiger partial charge in [0, 0.05) is 24.3 Å². The number of benzene rings is 1. The average molecular weight is 308 g/mol. The van der Waals surface area contributed by atoms with Gasteiger partial charge < -0.3 is 4.74 Å². The zero-order chi connectivity index (χ0) is 15.4. The van der Waals surface area contributed by atoms with Crippen molar-refractivity contribution in [1.82, 2.24) is 0 Å². The van der Waals surface area contributed by atoms with E-state index in [0.717, 1.165) is 0 Å². The van der Waals surface area contributed by atoms with Crippen molar-refractivity contribution in [2.45, 2.75) is 31.7 Å². The molecule has 1 aromatic carbocycles. The number of hydrogen-bond acceptors (Lipinski definition) is 4. The second kappa shape index (κ2) is 6.96. The van der Waals surface area contributed by atoms with Crippen LogP contribution in [0.15, 0.2) is 29.3 Å². The molecule has 0 saturated heterocycles. The van der Waals surface area contributed by atoms with E-state index in [2.05, 4.69) is 4.99 Å². The lowest BCUT2D eigenvalue weighted by molar-refractivity contribution is 0.0782. The molecule has 0 saturated carbocycles. The number of carbonyl (C=O) groups excluding carboxylic acids is 2. The number of rotatable bonds is 5. The van der Waals surface area contributed by atoms with E-state index in [1.807, 2.05) is 13.8 Å². The number of ketones is 2. The van der Waals surface area contributed by atoms with E-state index in [4.69, 9.17) is 16.3 Å². The smallest absolute Gasteiger partial charge is 0.209 e. The third-order valence-corrected chi connectivity index (χ3v) is 3.58. The first-order valence-corrected chi connectivity index (χ1v) is 7.44. The van der Waals surface area contributed by atoms with E-state index in [1.165, 1.54) is 0 Å². The third-order valence-electron chi connectivity index (χ3n) is 3.18. The van der Waals surface area contributed by atoms with E-state index >= 15 is 0 Å². The quantitative estimate of drug-likeness (QED) is 0.621. The number of Topliss-reactive ketones (excluding diaryl/α,β-unsaturated/α-hetero) is 2. The summed E-state index contributed by atoms with van der Waals surface area (Å²) in [6, 6.07) is 6.71. The lowest BCUT2D eigenvalue weighted by Crippen LogP contribution is -2.38. The Labute approximate surface area is 129 Å². The Morgan fingerprint density at radius 2 is 1.90 bits per heavy atom. The lowest BCUT2D eigenvalue weighted by Gasteiger charge is -2.19. The Balaban J connectivity index is 2.10. The maximum Gasteiger partial charge on any atom is 0.209 e. The van der Waals surface area contributed by atoms with Gasteiger partial charge in [-0.25, -0.2) is 0 Å². The van der Waals surface area contributed by atoms with Crippen molar-refractivity contribution in [3.05, 3.63) is 35.4 Å². The molecule has 21 heavy (non-hydrogen) atoms. The van der Waals surface area contributed by atoms with Crippen molar-refractivity contribution in [2.24, 2.45) is 4.99 Å². The number of carbonyl (C=O) groups is 2. The number of hydrogen-bond donors (Lipinski definition) is 0. The van der Waals surface area contributed by atoms with Crippen LogP contribution in [0.1, 0.15) is 41.0 Å². The van der Waals surface area contributed by atoms with Crippen LogP contribution in [-0.2, 0) is 4.74 Å². The Hall–Kier alpha value is -1.52. The zero-order valence-electron chi connectivity index (χ0n) is 12.1. The first-order valence-electron chi connectivity index (χ1n) is 7.00. The molecule has 0 amide bonds. The minimum Gasteiger partial charge on any atom is -0.379 e. The molecule has 1 aliphatic rings. The Morgan fingerprint density at radius 1 is 1.24 bits per heavy atom. The van der Waals surface area contributed by atoms with Gasteiger partial charge in [-0.15, -0.1) is 11.6 Å². The molecule has 0 heterocycles. The summed E-state index contributed by atoms with van der Waals surface area (Å²) in [4.78, 5) is 28.7. The van der Waals surface area contributed by atoms with Crippen LogP contribution in [0, 0.1) is 0 Å². The fourth-order valence-electron chi connectivity index (χ4n) is 2.14. The zero-order valence-corrected chi connectivity index (χ0v) is 12.9. The molecule has 0 bridgehead atoms. The molecule has 1 atom stereocenters. The topological polar surface area (TPSA) is 55.7 Å². The largest absolute Gasteiger partial charge is 0.379 e. The molecule has 0 N–H and O–H groups in total. The van der Waals surface area contributed by atoms with Gasteiger partial charge in [0.2, 0.25) is 5.78 Å². The summed E-state index contributed by atoms with van der Waals surface area (Å²) in [6.45, 7) is 4.91. The van der Waals surface area contributed by atoms with Gasteiger partial charge in [-0.3, -0.25) is 14.6 Å². The van der Waals surface area contributed by atoms with Gasteiger partial charge in [0.15, 0.2) is 5.78 Å². The van der Waals surface area contributed by atoms with Crippen LogP contribution < -0.4 is 0 Å². The highest BCUT2D eigenvalue weighted by Crippen LogP contribution is 2.23. The average Bonchev–Trinajstić information content (AvgIpc) is 2.47. The standard InChI is InChI=1S/C16H18ClNO3/c1-10(2)21-9-5-8-18-14-13(17)15(19)11-6-3-4-7-12(11)16(14)20/h3-4,6-7,10,13H,5,8-9H2,1-2H3. The Morgan fingerprint density at radius 3 is 2.57 bits per heavy atom. The summed E-state index contributed by atoms with van der Waals surface area (Å²) in [5.41, 5.74) is 0.908. The molecule has 0 aliphatic heterocycles. The van der Waals surface area contributed by atoms with Crippen molar-refractivity contribution >= 4 is 28.9 Å². The summed E-state index contributed by atoms with van der Waals surface area (Å²) < 4.78 is 5.41. The van der Waals surface area contributed by atoms with E-state index in [1.54, 1.807) is 24.3 Å². The highest BCUT2D eigenvalue weighted by molar-refractivity contribution is 6.64. The third kappa shape index (κ3) is 3.57. The normalized spacial score (nSPS) is 20.2. The lowest BCUT2D eigenvalue weighted by atomic mass is 9.88. The summed E-state index contributed by atoms with van der Waals surface area (Å²) in [5, 5.41) is -0.988. The van der Waals surface area contributed by atoms with Crippen molar-refractivity contribution in [1.29, 1.82) is 0 Å². The van der Waals surface area contributed by atoms with Crippen LogP contribution >= 0.6 is 11.6 Å². The van der Waals surface area contributed by atoms with Gasteiger partial charge in [-0.1, -0.05) is 24.3 Å². The van der Waals surface area contributed by atoms with Crippen LogP contribution in [0.2, 0.25) is 0 Å². The molecule has 1 aliphatic carbocycles. The molecule has 0 fully saturated rings. The molecule has 1 aromatic rings. The maximum atomic E-state index is 12.3. The van der Waals surface area contributed by atoms with Crippen LogP contribution in [0.25, 0.3) is 0 Å². The highest BCUT2D eigenvalue weighted by Gasteiger charge is 2.36. The van der Waals surface area contributed by atoms with E-state index in [0.29, 0.717) is 30.7 Å². The maximum absolute atomic E-state index is 12.3. The van der Waals surface area contributed by atoms with Crippen molar-refractivity contribution in [3.8, 4) is 0 Å². The molecule has 112 valence electrons. The van der Waals surface area contributed by atoms with E-state index in [-0.39, 0.29) is 23.4 Å². The van der Waals surface area contributed by atoms with Gasteiger partial charge in [-0.05, 0) is 20.3 Å². The van der Waals surface area contributed by atoms with Crippen LogP contribution in [-0.4, -0.2) is 41.9 Å². The Bertz CT molecular complexity index is 581. The number of nitrogens with zero attached hydrogens (tertiary/aromatic N) is 1. The molecule has 0 radical (unpaired) electrons. The summed E-state index contributed by atoms with van der Waals surface area (Å²) in [7, 11) is 0. The minimum atomic E-state index is -0.988. The van der Waals surface area contributed by atoms with Crippen molar-refractivity contribution in [2.75, 3.05) is 13.2 Å². The number of halogens is 1. The predicted molar refractivity (Wildman–Crippen MR) is 82.8 cm³/mol. The number of fused-ring (bicyclic) bond motifs is 1. The van der Waals surface area contributed by atoms with Gasteiger partial charge >= 0.3 is 0 Å². The first-order chi connectivity index (χ1) is 10.0. The monoisotopic (exact) mass is 307 g/mol. The molecule has 2 rings (SSSR count). The van der Waals surface area contributed by atoms with Gasteiger partial charge in [-0.2, -0.15) is 0 Å². The van der Waals surface area contributed by atoms with Gasteiger partial charge in [0.25, 0.3) is 0 Å². The molecule has 5 heteroatoms. The minimum absolute atomic E-state index is 0.143. The van der Waals surface area contributed by atoms with Crippen LogP contribution in [0.4, 0.5) is 0 Å². The van der Waals surface area contributed by atoms with Crippen LogP contribution in [0.3, 0.4) is 0 Å². The number of ether oxygens (including phenoxy) is 1. The first kappa shape index (κ1) is 15.9. The summed E-state index contributed by atoms with van der Waals surface area (Å²) >= 11 is 6.09. The van der Waals surface area contributed by atoms with Gasteiger partial charge in [0.1, 0.15) is 11.1 Å². The molecule has 0 spiro atoms. The van der Waals surface area contributed by atoms with Crippen molar-refractivity contribution < 1.29 is 14.3 Å². The molecule has 0 aromatic heterocycles. The van der Waals surface area contributed by atoms with Gasteiger partial charge in [0.05, 0.1) is 6.10 Å². The molecular weight excluding hydrogens is 290 g/mol. The second-order valence-electron chi connectivity index (χ2n) is 5.14. The molecule has 1 unspecified atom stereocenters. The van der Waals surface area contributed by atoms with E-state index < -0.39 is 5.38 Å². The van der Waals surface area contributed by atoms with Crippen LogP contribution in [0.5, 0.6) is 0 Å². The number of alkyl halides is 1. The fraction of sp³-hybridized carbons (Fsp3) is 0.438. The molecular formula is C16H18ClNO3. The summed E-state index contributed by atoms with van der Waals surface area (Å²) in [5.74, 6) is -0.515. The Kier molecular flexibility index (Phi) is 5.26. The molecule has 4 nitrogen and oxygen atoms in total. The predicted octanol–water partition coefficient (Wildman–Crippen LogP) is 2.93. The summed E-state index contributed by atoms with van der Waals surface area (Å²) in [6.07, 6.45) is 0.859. The van der Waals surface area contributed by atoms with Crippen molar-refractivity contribution in [3.63, 3.8) is 0 Å². The van der Waals surface area contributed by atoms with E-state index in [9.17, 15) is 9.59 Å². The number of aliphatic imine (C=N–C) groups is 1. The SMILES string of the molecule is CC(C)OCCCN=C1C(=O)c2ccccc2C(=O)C1Cl. The highest BCUT2D eigenvalue weighted by atomic mass is 35.5. The fourth-order valence-corrected chi connectivity index (χ4v) is 2.43. The second-order valence-corrected chi connectivity index (χ2v) is 5.58.